The first-order chi connectivity index (χ1) is 15.0. The van der Waals surface area contributed by atoms with Gasteiger partial charge in [-0.2, -0.15) is 5.10 Å². The van der Waals surface area contributed by atoms with Crippen LogP contribution in [-0.2, 0) is 4.79 Å². The maximum Gasteiger partial charge on any atom is 0.240 e. The number of aliphatic hydroxyl groups excluding tert-OH is 1. The molecule has 7 nitrogen and oxygen atoms in total. The van der Waals surface area contributed by atoms with Crippen LogP contribution in [0.2, 0.25) is 0 Å². The lowest BCUT2D eigenvalue weighted by Crippen LogP contribution is -2.20. The number of hydrogen-bond acceptors (Lipinski definition) is 7. The molecule has 0 aliphatic heterocycles. The van der Waals surface area contributed by atoms with E-state index in [1.165, 1.54) is 7.11 Å². The number of fused-ring (bicyclic) bond motifs is 1. The molecule has 31 heavy (non-hydrogen) atoms. The summed E-state index contributed by atoms with van der Waals surface area (Å²) in [6.07, 6.45) is 0.0624. The predicted octanol–water partition coefficient (Wildman–Crippen LogP) is 3.78. The van der Waals surface area contributed by atoms with Crippen LogP contribution in [0, 0.1) is 0 Å². The number of carbonyl (C=O) groups excluding carboxylic acids is 2. The SMILES string of the molecule is COc1cc(C(=O)CCC(=O)N/N=C(\C)c2csc3ccccc23)ccc1OCCO. The van der Waals surface area contributed by atoms with Crippen LogP contribution in [0.4, 0.5) is 0 Å². The van der Waals surface area contributed by atoms with Crippen LogP contribution in [0.3, 0.4) is 0 Å². The van der Waals surface area contributed by atoms with Crippen LogP contribution in [0.5, 0.6) is 11.5 Å². The molecule has 1 amide bonds. The lowest BCUT2D eigenvalue weighted by Gasteiger charge is -2.11. The minimum Gasteiger partial charge on any atom is -0.493 e. The molecule has 3 rings (SSSR count). The quantitative estimate of drug-likeness (QED) is 0.284. The van der Waals surface area contributed by atoms with E-state index in [2.05, 4.69) is 10.5 Å². The van der Waals surface area contributed by atoms with Gasteiger partial charge in [-0.1, -0.05) is 18.2 Å². The standard InChI is InChI=1S/C23H24N2O5S/c1-15(18-14-31-22-6-4-3-5-17(18)22)24-25-23(28)10-8-19(27)16-7-9-20(30-12-11-26)21(13-16)29-2/h3-7,9,13-14,26H,8,10-12H2,1-2H3,(H,25,28)/b24-15+. The number of amides is 1. The van der Waals surface area contributed by atoms with E-state index in [4.69, 9.17) is 14.6 Å². The summed E-state index contributed by atoms with van der Waals surface area (Å²) in [5, 5.41) is 16.2. The van der Waals surface area contributed by atoms with E-state index in [0.29, 0.717) is 22.8 Å². The zero-order valence-corrected chi connectivity index (χ0v) is 18.2. The third-order valence-corrected chi connectivity index (χ3v) is 5.60. The fourth-order valence-corrected chi connectivity index (χ4v) is 4.01. The Morgan fingerprint density at radius 3 is 2.71 bits per heavy atom. The normalized spacial score (nSPS) is 11.4. The summed E-state index contributed by atoms with van der Waals surface area (Å²) >= 11 is 1.63. The van der Waals surface area contributed by atoms with E-state index >= 15 is 0 Å². The Balaban J connectivity index is 1.56. The van der Waals surface area contributed by atoms with Gasteiger partial charge in [0, 0.05) is 39.4 Å². The first kappa shape index (κ1) is 22.5. The van der Waals surface area contributed by atoms with Crippen molar-refractivity contribution in [3.8, 4) is 11.5 Å². The fraction of sp³-hybridized carbons (Fsp3) is 0.261. The molecule has 2 N–H and O–H groups in total. The van der Waals surface area contributed by atoms with Crippen molar-refractivity contribution in [2.24, 2.45) is 5.10 Å². The largest absolute Gasteiger partial charge is 0.493 e. The molecule has 1 aromatic heterocycles. The maximum atomic E-state index is 12.5. The molecule has 0 spiro atoms. The van der Waals surface area contributed by atoms with Crippen LogP contribution < -0.4 is 14.9 Å². The molecule has 0 saturated carbocycles. The van der Waals surface area contributed by atoms with Gasteiger partial charge in [0.1, 0.15) is 6.61 Å². The number of carbonyl (C=O) groups is 2. The van der Waals surface area contributed by atoms with Crippen LogP contribution >= 0.6 is 11.3 Å². The van der Waals surface area contributed by atoms with Gasteiger partial charge in [-0.05, 0) is 31.2 Å². The van der Waals surface area contributed by atoms with E-state index in [0.717, 1.165) is 15.6 Å². The summed E-state index contributed by atoms with van der Waals surface area (Å²) < 4.78 is 11.8. The van der Waals surface area contributed by atoms with Crippen LogP contribution in [0.1, 0.15) is 35.7 Å². The number of methoxy groups -OCH3 is 1. The van der Waals surface area contributed by atoms with Crippen LogP contribution in [0.15, 0.2) is 52.9 Å². The number of thiophene rings is 1. The van der Waals surface area contributed by atoms with Crippen molar-refractivity contribution in [3.63, 3.8) is 0 Å². The average molecular weight is 441 g/mol. The number of nitrogens with zero attached hydrogens (tertiary/aromatic N) is 1. The third kappa shape index (κ3) is 5.68. The molecular weight excluding hydrogens is 416 g/mol. The Kier molecular flexibility index (Phi) is 7.75. The van der Waals surface area contributed by atoms with Crippen LogP contribution in [-0.4, -0.2) is 42.8 Å². The third-order valence-electron chi connectivity index (χ3n) is 4.63. The van der Waals surface area contributed by atoms with Crippen molar-refractivity contribution < 1.29 is 24.2 Å². The highest BCUT2D eigenvalue weighted by atomic mass is 32.1. The zero-order valence-electron chi connectivity index (χ0n) is 17.4. The summed E-state index contributed by atoms with van der Waals surface area (Å²) in [5.74, 6) is 0.317. The van der Waals surface area contributed by atoms with E-state index in [-0.39, 0.29) is 37.7 Å². The van der Waals surface area contributed by atoms with Gasteiger partial charge in [-0.25, -0.2) is 5.43 Å². The summed E-state index contributed by atoms with van der Waals surface area (Å²) in [6.45, 7) is 1.85. The summed E-state index contributed by atoms with van der Waals surface area (Å²) in [5.41, 5.74) is 4.64. The Morgan fingerprint density at radius 2 is 1.94 bits per heavy atom. The second-order valence-corrected chi connectivity index (χ2v) is 7.65. The minimum absolute atomic E-state index is 0.0189. The molecule has 1 heterocycles. The number of benzene rings is 2. The number of Topliss-reactive ketones (excluding diaryl/α,β-unsaturated/α-hetero) is 1. The molecule has 0 fully saturated rings. The van der Waals surface area contributed by atoms with E-state index in [9.17, 15) is 9.59 Å². The second-order valence-electron chi connectivity index (χ2n) is 6.74. The predicted molar refractivity (Wildman–Crippen MR) is 121 cm³/mol. The van der Waals surface area contributed by atoms with Crippen molar-refractivity contribution in [3.05, 3.63) is 59.0 Å². The lowest BCUT2D eigenvalue weighted by molar-refractivity contribution is -0.121. The topological polar surface area (TPSA) is 97.2 Å². The van der Waals surface area contributed by atoms with E-state index in [1.807, 2.05) is 36.6 Å². The van der Waals surface area contributed by atoms with Gasteiger partial charge in [0.25, 0.3) is 0 Å². The molecule has 0 aliphatic carbocycles. The first-order valence-electron chi connectivity index (χ1n) is 9.78. The Bertz CT molecular complexity index is 1110. The van der Waals surface area contributed by atoms with Gasteiger partial charge in [-0.3, -0.25) is 9.59 Å². The smallest absolute Gasteiger partial charge is 0.240 e. The van der Waals surface area contributed by atoms with Gasteiger partial charge in [0.05, 0.1) is 19.4 Å². The van der Waals surface area contributed by atoms with Gasteiger partial charge >= 0.3 is 0 Å². The molecule has 0 saturated heterocycles. The van der Waals surface area contributed by atoms with E-state index in [1.54, 1.807) is 29.5 Å². The van der Waals surface area contributed by atoms with E-state index < -0.39 is 0 Å². The summed E-state index contributed by atoms with van der Waals surface area (Å²) in [6, 6.07) is 12.8. The van der Waals surface area contributed by atoms with Crippen molar-refractivity contribution in [1.82, 2.24) is 5.43 Å². The molecule has 8 heteroatoms. The molecular formula is C23H24N2O5S. The lowest BCUT2D eigenvalue weighted by atomic mass is 10.1. The van der Waals surface area contributed by atoms with Crippen molar-refractivity contribution in [2.75, 3.05) is 20.3 Å². The first-order valence-corrected chi connectivity index (χ1v) is 10.7. The fourth-order valence-electron chi connectivity index (χ4n) is 3.01. The second kappa shape index (κ2) is 10.7. The Hall–Kier alpha value is -3.23. The molecule has 3 aromatic rings. The number of aliphatic hydroxyl groups is 1. The number of rotatable bonds is 10. The molecule has 0 bridgehead atoms. The van der Waals surface area contributed by atoms with Gasteiger partial charge in [0.15, 0.2) is 17.3 Å². The molecule has 2 aromatic carbocycles. The average Bonchev–Trinajstić information content (AvgIpc) is 3.23. The van der Waals surface area contributed by atoms with Crippen molar-refractivity contribution >= 4 is 38.8 Å². The maximum absolute atomic E-state index is 12.5. The highest BCUT2D eigenvalue weighted by Gasteiger charge is 2.13. The van der Waals surface area contributed by atoms with Crippen LogP contribution in [0.25, 0.3) is 10.1 Å². The number of ketones is 1. The summed E-state index contributed by atoms with van der Waals surface area (Å²) in [7, 11) is 1.47. The molecule has 162 valence electrons. The minimum atomic E-state index is -0.331. The molecule has 0 unspecified atom stereocenters. The van der Waals surface area contributed by atoms with Crippen molar-refractivity contribution in [1.29, 1.82) is 0 Å². The number of hydrazone groups is 1. The molecule has 0 radical (unpaired) electrons. The van der Waals surface area contributed by atoms with Gasteiger partial charge < -0.3 is 14.6 Å². The number of hydrogen-bond donors (Lipinski definition) is 2. The highest BCUT2D eigenvalue weighted by molar-refractivity contribution is 7.17. The van der Waals surface area contributed by atoms with Gasteiger partial charge in [0.2, 0.25) is 5.91 Å². The molecule has 0 atom stereocenters. The highest BCUT2D eigenvalue weighted by Crippen LogP contribution is 2.29. The monoisotopic (exact) mass is 440 g/mol. The Labute approximate surface area is 184 Å². The van der Waals surface area contributed by atoms with Gasteiger partial charge in [-0.15, -0.1) is 11.3 Å². The molecule has 0 aliphatic rings. The van der Waals surface area contributed by atoms with Crippen molar-refractivity contribution in [2.45, 2.75) is 19.8 Å². The number of ether oxygens (including phenoxy) is 2. The number of nitrogens with one attached hydrogen (secondary N) is 1. The zero-order chi connectivity index (χ0) is 22.2. The Morgan fingerprint density at radius 1 is 1.13 bits per heavy atom. The summed E-state index contributed by atoms with van der Waals surface area (Å²) in [4.78, 5) is 24.6.